The number of ether oxygens (including phenoxy) is 3. The largest absolute Gasteiger partial charge is 0.508 e. The summed E-state index contributed by atoms with van der Waals surface area (Å²) in [4.78, 5) is 21.2. The van der Waals surface area contributed by atoms with Crippen molar-refractivity contribution < 1.29 is 23.8 Å². The van der Waals surface area contributed by atoms with E-state index in [4.69, 9.17) is 9.47 Å². The molecule has 1 aliphatic rings. The molecule has 1 heterocycles. The van der Waals surface area contributed by atoms with Crippen molar-refractivity contribution in [3.05, 3.63) is 12.7 Å². The number of rotatable bonds is 6. The Kier molecular flexibility index (Phi) is 4.66. The van der Waals surface area contributed by atoms with Gasteiger partial charge in [0.15, 0.2) is 0 Å². The maximum absolute atomic E-state index is 10.6. The number of hydrogen-bond acceptors (Lipinski definition) is 5. The molecule has 0 radical (unpaired) electrons. The Balaban J connectivity index is 1.95. The van der Waals surface area contributed by atoms with Gasteiger partial charge in [0.2, 0.25) is 0 Å². The monoisotopic (exact) mass is 214 g/mol. The van der Waals surface area contributed by atoms with Crippen LogP contribution in [0.15, 0.2) is 12.7 Å². The molecule has 84 valence electrons. The predicted molar refractivity (Wildman–Crippen MR) is 51.2 cm³/mol. The van der Waals surface area contributed by atoms with Gasteiger partial charge in [-0.2, -0.15) is 0 Å². The van der Waals surface area contributed by atoms with Crippen LogP contribution in [0.4, 0.5) is 4.79 Å². The van der Waals surface area contributed by atoms with E-state index in [0.29, 0.717) is 13.2 Å². The molecule has 1 aliphatic heterocycles. The highest BCUT2D eigenvalue weighted by Crippen LogP contribution is 2.12. The summed E-state index contributed by atoms with van der Waals surface area (Å²) < 4.78 is 14.2. The summed E-state index contributed by atoms with van der Waals surface area (Å²) in [5, 5.41) is 0. The van der Waals surface area contributed by atoms with Crippen LogP contribution in [0.5, 0.6) is 0 Å². The molecule has 5 nitrogen and oxygen atoms in total. The fourth-order valence-electron chi connectivity index (χ4n) is 1.21. The fraction of sp³-hybridized carbons (Fsp3) is 0.600. The SMILES string of the molecule is C=CC(=O)OCCCCC1COC(=O)O1. The molecule has 0 amide bonds. The molecule has 1 rings (SSSR count). The maximum Gasteiger partial charge on any atom is 0.508 e. The van der Waals surface area contributed by atoms with E-state index in [0.717, 1.165) is 25.3 Å². The Morgan fingerprint density at radius 1 is 1.60 bits per heavy atom. The van der Waals surface area contributed by atoms with Crippen LogP contribution in [0.1, 0.15) is 19.3 Å². The van der Waals surface area contributed by atoms with E-state index in [1.165, 1.54) is 0 Å². The van der Waals surface area contributed by atoms with E-state index in [9.17, 15) is 9.59 Å². The van der Waals surface area contributed by atoms with Gasteiger partial charge in [-0.05, 0) is 19.3 Å². The lowest BCUT2D eigenvalue weighted by molar-refractivity contribution is -0.137. The normalized spacial score (nSPS) is 19.2. The van der Waals surface area contributed by atoms with Gasteiger partial charge in [-0.25, -0.2) is 9.59 Å². The zero-order valence-corrected chi connectivity index (χ0v) is 8.44. The molecule has 1 unspecified atom stereocenters. The molecule has 0 aromatic carbocycles. The van der Waals surface area contributed by atoms with Crippen LogP contribution in [0.25, 0.3) is 0 Å². The van der Waals surface area contributed by atoms with Crippen molar-refractivity contribution in [1.82, 2.24) is 0 Å². The van der Waals surface area contributed by atoms with Gasteiger partial charge in [-0.15, -0.1) is 0 Å². The molecule has 15 heavy (non-hydrogen) atoms. The van der Waals surface area contributed by atoms with Gasteiger partial charge in [0.05, 0.1) is 6.61 Å². The predicted octanol–water partition coefficient (Wildman–Crippen LogP) is 1.42. The average molecular weight is 214 g/mol. The molecule has 0 aromatic heterocycles. The quantitative estimate of drug-likeness (QED) is 0.380. The van der Waals surface area contributed by atoms with E-state index in [1.54, 1.807) is 0 Å². The molecule has 1 atom stereocenters. The lowest BCUT2D eigenvalue weighted by atomic mass is 10.2. The summed E-state index contributed by atoms with van der Waals surface area (Å²) in [6.07, 6.45) is 2.69. The highest BCUT2D eigenvalue weighted by molar-refractivity contribution is 5.81. The van der Waals surface area contributed by atoms with E-state index in [1.807, 2.05) is 0 Å². The highest BCUT2D eigenvalue weighted by atomic mass is 16.8. The molecule has 0 aliphatic carbocycles. The van der Waals surface area contributed by atoms with Crippen molar-refractivity contribution in [3.63, 3.8) is 0 Å². The van der Waals surface area contributed by atoms with Crippen LogP contribution in [-0.2, 0) is 19.0 Å². The standard InChI is InChI=1S/C10H14O5/c1-2-9(11)13-6-4-3-5-8-7-14-10(12)15-8/h2,8H,1,3-7H2. The molecule has 0 bridgehead atoms. The van der Waals surface area contributed by atoms with Gasteiger partial charge in [0.1, 0.15) is 12.7 Å². The van der Waals surface area contributed by atoms with E-state index in [-0.39, 0.29) is 6.10 Å². The van der Waals surface area contributed by atoms with Gasteiger partial charge in [0, 0.05) is 6.08 Å². The minimum Gasteiger partial charge on any atom is -0.463 e. The van der Waals surface area contributed by atoms with Gasteiger partial charge in [0.25, 0.3) is 0 Å². The smallest absolute Gasteiger partial charge is 0.463 e. The van der Waals surface area contributed by atoms with Gasteiger partial charge < -0.3 is 14.2 Å². The van der Waals surface area contributed by atoms with Crippen molar-refractivity contribution in [3.8, 4) is 0 Å². The van der Waals surface area contributed by atoms with Crippen LogP contribution in [0, 0.1) is 0 Å². The molecule has 0 saturated carbocycles. The Morgan fingerprint density at radius 2 is 2.40 bits per heavy atom. The third-order valence-corrected chi connectivity index (χ3v) is 1.98. The summed E-state index contributed by atoms with van der Waals surface area (Å²) in [5.74, 6) is -0.411. The van der Waals surface area contributed by atoms with E-state index < -0.39 is 12.1 Å². The zero-order valence-electron chi connectivity index (χ0n) is 8.44. The van der Waals surface area contributed by atoms with Crippen LogP contribution in [0.2, 0.25) is 0 Å². The second-order valence-electron chi connectivity index (χ2n) is 3.17. The fourth-order valence-corrected chi connectivity index (χ4v) is 1.21. The first-order chi connectivity index (χ1) is 7.22. The number of esters is 1. The number of carbonyl (C=O) groups excluding carboxylic acids is 2. The van der Waals surface area contributed by atoms with Crippen molar-refractivity contribution in [1.29, 1.82) is 0 Å². The molecule has 0 aromatic rings. The summed E-state index contributed by atoms with van der Waals surface area (Å²) in [5.41, 5.74) is 0. The molecule has 0 N–H and O–H groups in total. The van der Waals surface area contributed by atoms with Gasteiger partial charge in [-0.1, -0.05) is 6.58 Å². The molecule has 5 heteroatoms. The summed E-state index contributed by atoms with van der Waals surface area (Å²) in [6, 6.07) is 0. The third kappa shape index (κ3) is 4.49. The first kappa shape index (κ1) is 11.6. The molecule has 0 spiro atoms. The first-order valence-electron chi connectivity index (χ1n) is 4.85. The number of cyclic esters (lactones) is 2. The number of carbonyl (C=O) groups is 2. The Labute approximate surface area is 88.0 Å². The van der Waals surface area contributed by atoms with Crippen LogP contribution in [-0.4, -0.2) is 31.4 Å². The van der Waals surface area contributed by atoms with Crippen molar-refractivity contribution >= 4 is 12.1 Å². The van der Waals surface area contributed by atoms with Crippen molar-refractivity contribution in [2.45, 2.75) is 25.4 Å². The number of unbranched alkanes of at least 4 members (excludes halogenated alkanes) is 1. The molecular formula is C10H14O5. The highest BCUT2D eigenvalue weighted by Gasteiger charge is 2.23. The second-order valence-corrected chi connectivity index (χ2v) is 3.17. The lowest BCUT2D eigenvalue weighted by Gasteiger charge is -2.05. The summed E-state index contributed by atoms with van der Waals surface area (Å²) in [7, 11) is 0. The van der Waals surface area contributed by atoms with Crippen molar-refractivity contribution in [2.75, 3.05) is 13.2 Å². The zero-order chi connectivity index (χ0) is 11.1. The Hall–Kier alpha value is -1.52. The lowest BCUT2D eigenvalue weighted by Crippen LogP contribution is -2.10. The van der Waals surface area contributed by atoms with E-state index in [2.05, 4.69) is 11.3 Å². The van der Waals surface area contributed by atoms with Crippen LogP contribution < -0.4 is 0 Å². The topological polar surface area (TPSA) is 61.8 Å². The van der Waals surface area contributed by atoms with Gasteiger partial charge in [-0.3, -0.25) is 0 Å². The van der Waals surface area contributed by atoms with Crippen LogP contribution >= 0.6 is 0 Å². The summed E-state index contributed by atoms with van der Waals surface area (Å²) in [6.45, 7) is 3.97. The summed E-state index contributed by atoms with van der Waals surface area (Å²) >= 11 is 0. The molecule has 1 saturated heterocycles. The molecular weight excluding hydrogens is 200 g/mol. The third-order valence-electron chi connectivity index (χ3n) is 1.98. The van der Waals surface area contributed by atoms with Crippen molar-refractivity contribution in [2.24, 2.45) is 0 Å². The average Bonchev–Trinajstić information content (AvgIpc) is 2.63. The minimum atomic E-state index is -0.599. The minimum absolute atomic E-state index is 0.146. The second kappa shape index (κ2) is 6.06. The first-order valence-corrected chi connectivity index (χ1v) is 4.85. The van der Waals surface area contributed by atoms with E-state index >= 15 is 0 Å². The molecule has 1 fully saturated rings. The maximum atomic E-state index is 10.6. The number of hydrogen-bond donors (Lipinski definition) is 0. The van der Waals surface area contributed by atoms with Gasteiger partial charge >= 0.3 is 12.1 Å². The Morgan fingerprint density at radius 3 is 3.00 bits per heavy atom. The van der Waals surface area contributed by atoms with Crippen LogP contribution in [0.3, 0.4) is 0 Å². The Bertz CT molecular complexity index is 248.